The Labute approximate surface area is 220 Å². The molecular formula is C31H37N3O3. The maximum absolute atomic E-state index is 13.7. The minimum absolute atomic E-state index is 0.0179. The highest BCUT2D eigenvalue weighted by atomic mass is 16.5. The molecule has 0 spiro atoms. The topological polar surface area (TPSA) is 45.3 Å². The van der Waals surface area contributed by atoms with Crippen molar-refractivity contribution in [2.24, 2.45) is 0 Å². The lowest BCUT2D eigenvalue weighted by molar-refractivity contribution is 0.104. The molecule has 0 bridgehead atoms. The molecule has 37 heavy (non-hydrogen) atoms. The van der Waals surface area contributed by atoms with E-state index in [-0.39, 0.29) is 5.78 Å². The van der Waals surface area contributed by atoms with Crippen molar-refractivity contribution in [2.75, 3.05) is 66.4 Å². The molecule has 3 aromatic rings. The first-order valence-electron chi connectivity index (χ1n) is 12.6. The van der Waals surface area contributed by atoms with Crippen molar-refractivity contribution < 1.29 is 14.3 Å². The Morgan fingerprint density at radius 1 is 0.919 bits per heavy atom. The first-order chi connectivity index (χ1) is 17.9. The fourth-order valence-electron chi connectivity index (χ4n) is 4.74. The third kappa shape index (κ3) is 6.40. The van der Waals surface area contributed by atoms with Gasteiger partial charge in [0.15, 0.2) is 5.78 Å². The van der Waals surface area contributed by atoms with Crippen LogP contribution in [0.25, 0.3) is 17.2 Å². The van der Waals surface area contributed by atoms with E-state index in [1.165, 1.54) is 0 Å². The van der Waals surface area contributed by atoms with Gasteiger partial charge >= 0.3 is 0 Å². The van der Waals surface area contributed by atoms with Crippen molar-refractivity contribution in [3.63, 3.8) is 0 Å². The molecule has 0 aromatic heterocycles. The van der Waals surface area contributed by atoms with Crippen LogP contribution in [0.4, 0.5) is 5.69 Å². The molecule has 0 saturated carbocycles. The lowest BCUT2D eigenvalue weighted by atomic mass is 9.97. The zero-order valence-corrected chi connectivity index (χ0v) is 22.5. The number of para-hydroxylation sites is 1. The zero-order valence-electron chi connectivity index (χ0n) is 22.5. The summed E-state index contributed by atoms with van der Waals surface area (Å²) in [7, 11) is 9.55. The number of hydrogen-bond acceptors (Lipinski definition) is 6. The Bertz CT molecular complexity index is 1260. The highest BCUT2D eigenvalue weighted by Gasteiger charge is 2.21. The second kappa shape index (κ2) is 12.1. The van der Waals surface area contributed by atoms with Gasteiger partial charge in [0.25, 0.3) is 0 Å². The van der Waals surface area contributed by atoms with Crippen molar-refractivity contribution in [3.8, 4) is 22.6 Å². The number of ether oxygens (including phenoxy) is 2. The van der Waals surface area contributed by atoms with Gasteiger partial charge in [-0.25, -0.2) is 0 Å². The minimum atomic E-state index is -0.0179. The molecule has 4 rings (SSSR count). The fraction of sp³-hybridized carbons (Fsp3) is 0.323. The molecule has 1 heterocycles. The molecule has 1 aliphatic rings. The smallest absolute Gasteiger partial charge is 0.187 e. The van der Waals surface area contributed by atoms with Gasteiger partial charge < -0.3 is 24.2 Å². The summed E-state index contributed by atoms with van der Waals surface area (Å²) in [6.07, 6.45) is 3.58. The summed E-state index contributed by atoms with van der Waals surface area (Å²) in [4.78, 5) is 20.4. The summed E-state index contributed by atoms with van der Waals surface area (Å²) in [5.74, 6) is 1.62. The van der Waals surface area contributed by atoms with Crippen molar-refractivity contribution in [1.29, 1.82) is 0 Å². The Morgan fingerprint density at radius 2 is 1.65 bits per heavy atom. The van der Waals surface area contributed by atoms with Crippen LogP contribution in [0.2, 0.25) is 0 Å². The number of rotatable bonds is 9. The standard InChI is InChI=1S/C31H37N3O3/c1-32(2)22-25-20-23(11-15-30(25)36-4)10-14-29(35)27-21-24(26-8-6-7-9-31(26)37-5)12-13-28(27)34-18-16-33(3)17-19-34/h6-15,20-21H,16-19,22H2,1-5H3. The lowest BCUT2D eigenvalue weighted by Crippen LogP contribution is -2.45. The number of likely N-dealkylation sites (N-methyl/N-ethyl adjacent to an activating group) is 1. The molecule has 0 radical (unpaired) electrons. The molecule has 0 unspecified atom stereocenters. The molecule has 0 atom stereocenters. The Morgan fingerprint density at radius 3 is 2.35 bits per heavy atom. The largest absolute Gasteiger partial charge is 0.496 e. The van der Waals surface area contributed by atoms with Crippen molar-refractivity contribution in [3.05, 3.63) is 83.4 Å². The third-order valence-electron chi connectivity index (χ3n) is 6.74. The number of allylic oxidation sites excluding steroid dienone is 1. The number of nitrogens with zero attached hydrogens (tertiary/aromatic N) is 3. The van der Waals surface area contributed by atoms with Gasteiger partial charge in [0.2, 0.25) is 0 Å². The van der Waals surface area contributed by atoms with E-state index < -0.39 is 0 Å². The molecular weight excluding hydrogens is 462 g/mol. The summed E-state index contributed by atoms with van der Waals surface area (Å²) in [5, 5.41) is 0. The maximum atomic E-state index is 13.7. The maximum Gasteiger partial charge on any atom is 0.187 e. The number of methoxy groups -OCH3 is 2. The third-order valence-corrected chi connectivity index (χ3v) is 6.74. The second-order valence-electron chi connectivity index (χ2n) is 9.73. The van der Waals surface area contributed by atoms with Crippen molar-refractivity contribution in [2.45, 2.75) is 6.54 Å². The van der Waals surface area contributed by atoms with Crippen LogP contribution in [0.3, 0.4) is 0 Å². The molecule has 3 aromatic carbocycles. The number of benzene rings is 3. The number of ketones is 1. The molecule has 0 aliphatic carbocycles. The van der Waals surface area contributed by atoms with Crippen LogP contribution < -0.4 is 14.4 Å². The highest BCUT2D eigenvalue weighted by molar-refractivity contribution is 6.11. The number of piperazine rings is 1. The summed E-state index contributed by atoms with van der Waals surface area (Å²) >= 11 is 0. The van der Waals surface area contributed by atoms with Gasteiger partial charge in [0.05, 0.1) is 14.2 Å². The van der Waals surface area contributed by atoms with Crippen LogP contribution in [0.15, 0.2) is 66.7 Å². The number of carbonyl (C=O) groups excluding carboxylic acids is 1. The predicted octanol–water partition coefficient (Wildman–Crippen LogP) is 5.08. The Hall–Kier alpha value is -3.61. The van der Waals surface area contributed by atoms with Gasteiger partial charge in [-0.05, 0) is 68.7 Å². The summed E-state index contributed by atoms with van der Waals surface area (Å²) in [6.45, 7) is 4.48. The molecule has 1 fully saturated rings. The van der Waals surface area contributed by atoms with E-state index in [0.717, 1.165) is 72.2 Å². The van der Waals surface area contributed by atoms with E-state index in [9.17, 15) is 4.79 Å². The van der Waals surface area contributed by atoms with Crippen molar-refractivity contribution >= 4 is 17.5 Å². The normalized spacial score (nSPS) is 14.4. The summed E-state index contributed by atoms with van der Waals surface area (Å²) in [6, 6.07) is 20.1. The molecule has 0 N–H and O–H groups in total. The monoisotopic (exact) mass is 499 g/mol. The van der Waals surface area contributed by atoms with E-state index in [2.05, 4.69) is 39.9 Å². The second-order valence-corrected chi connectivity index (χ2v) is 9.73. The molecule has 1 saturated heterocycles. The SMILES string of the molecule is COc1ccc(C=CC(=O)c2cc(-c3ccccc3OC)ccc2N2CCN(C)CC2)cc1CN(C)C. The Kier molecular flexibility index (Phi) is 8.64. The summed E-state index contributed by atoms with van der Waals surface area (Å²) < 4.78 is 11.1. The number of hydrogen-bond donors (Lipinski definition) is 0. The first-order valence-corrected chi connectivity index (χ1v) is 12.6. The fourth-order valence-corrected chi connectivity index (χ4v) is 4.74. The average molecular weight is 500 g/mol. The number of anilines is 1. The van der Waals surface area contributed by atoms with Gasteiger partial charge in [0.1, 0.15) is 11.5 Å². The van der Waals surface area contributed by atoms with Gasteiger partial charge in [-0.2, -0.15) is 0 Å². The van der Waals surface area contributed by atoms with Crippen LogP contribution in [-0.4, -0.2) is 77.1 Å². The molecule has 6 heteroatoms. The van der Waals surface area contributed by atoms with Gasteiger partial charge in [-0.3, -0.25) is 4.79 Å². The van der Waals surface area contributed by atoms with Crippen molar-refractivity contribution in [1.82, 2.24) is 9.80 Å². The highest BCUT2D eigenvalue weighted by Crippen LogP contribution is 2.34. The van der Waals surface area contributed by atoms with E-state index in [4.69, 9.17) is 9.47 Å². The molecule has 1 aliphatic heterocycles. The van der Waals surface area contributed by atoms with Crippen LogP contribution in [-0.2, 0) is 6.54 Å². The molecule has 194 valence electrons. The van der Waals surface area contributed by atoms with E-state index >= 15 is 0 Å². The van der Waals surface area contributed by atoms with E-state index in [1.807, 2.05) is 62.6 Å². The first kappa shape index (κ1) is 26.5. The summed E-state index contributed by atoms with van der Waals surface area (Å²) in [5.41, 5.74) is 5.66. The number of carbonyl (C=O) groups is 1. The van der Waals surface area contributed by atoms with E-state index in [1.54, 1.807) is 20.3 Å². The molecule has 0 amide bonds. The van der Waals surface area contributed by atoms with Crippen LogP contribution in [0, 0.1) is 0 Å². The molecule has 6 nitrogen and oxygen atoms in total. The van der Waals surface area contributed by atoms with E-state index in [0.29, 0.717) is 5.56 Å². The lowest BCUT2D eigenvalue weighted by Gasteiger charge is -2.35. The van der Waals surface area contributed by atoms with Gasteiger partial charge in [0, 0.05) is 55.1 Å². The Balaban J connectivity index is 1.70. The van der Waals surface area contributed by atoms with Crippen LogP contribution in [0.5, 0.6) is 11.5 Å². The quantitative estimate of drug-likeness (QED) is 0.302. The van der Waals surface area contributed by atoms with Gasteiger partial charge in [-0.15, -0.1) is 0 Å². The zero-order chi connectivity index (χ0) is 26.4. The predicted molar refractivity (Wildman–Crippen MR) is 152 cm³/mol. The van der Waals surface area contributed by atoms with Gasteiger partial charge in [-0.1, -0.05) is 36.4 Å². The van der Waals surface area contributed by atoms with Crippen LogP contribution in [0.1, 0.15) is 21.5 Å². The average Bonchev–Trinajstić information content (AvgIpc) is 2.91. The minimum Gasteiger partial charge on any atom is -0.496 e. The van der Waals surface area contributed by atoms with Crippen LogP contribution >= 0.6 is 0 Å².